The zero-order valence-electron chi connectivity index (χ0n) is 18.2. The predicted octanol–water partition coefficient (Wildman–Crippen LogP) is 6.33. The van der Waals surface area contributed by atoms with Gasteiger partial charge in [-0.15, -0.1) is 0 Å². The van der Waals surface area contributed by atoms with Crippen molar-refractivity contribution < 1.29 is 19.1 Å². The molecular formula is C26H18ClFN2O3S. The average molecular weight is 493 g/mol. The zero-order valence-corrected chi connectivity index (χ0v) is 19.7. The summed E-state index contributed by atoms with van der Waals surface area (Å²) in [6.45, 7) is 3.92. The van der Waals surface area contributed by atoms with E-state index in [1.165, 1.54) is 40.5 Å². The topological polar surface area (TPSA) is 70.5 Å². The number of aryl methyl sites for hydroxylation is 2. The Morgan fingerprint density at radius 3 is 2.53 bits per heavy atom. The lowest BCUT2D eigenvalue weighted by atomic mass is 9.95. The summed E-state index contributed by atoms with van der Waals surface area (Å²) in [5.41, 5.74) is 3.43. The van der Waals surface area contributed by atoms with Crippen molar-refractivity contribution in [3.63, 3.8) is 0 Å². The van der Waals surface area contributed by atoms with E-state index in [9.17, 15) is 19.1 Å². The van der Waals surface area contributed by atoms with Crippen LogP contribution >= 0.6 is 22.9 Å². The third-order valence-corrected chi connectivity index (χ3v) is 6.99. The van der Waals surface area contributed by atoms with Crippen LogP contribution in [0.1, 0.15) is 28.3 Å². The van der Waals surface area contributed by atoms with Crippen LogP contribution in [-0.2, 0) is 9.59 Å². The first kappa shape index (κ1) is 22.3. The van der Waals surface area contributed by atoms with Gasteiger partial charge >= 0.3 is 5.91 Å². The lowest BCUT2D eigenvalue weighted by Gasteiger charge is -2.23. The number of carbonyl (C=O) groups excluding carboxylic acids is 2. The van der Waals surface area contributed by atoms with E-state index >= 15 is 0 Å². The number of amides is 1. The van der Waals surface area contributed by atoms with Crippen molar-refractivity contribution >= 4 is 55.7 Å². The first-order chi connectivity index (χ1) is 16.2. The number of aliphatic hydroxyl groups excluding tert-OH is 1. The number of nitrogens with zero attached hydrogens (tertiary/aromatic N) is 2. The molecule has 0 saturated carbocycles. The molecule has 1 aliphatic rings. The fraction of sp³-hybridized carbons (Fsp3) is 0.115. The first-order valence-electron chi connectivity index (χ1n) is 10.4. The number of benzene rings is 3. The minimum absolute atomic E-state index is 0.106. The number of Topliss-reactive ketones (excluding diaryl/α,β-unsaturated/α-hetero) is 1. The molecule has 1 N–H and O–H groups in total. The van der Waals surface area contributed by atoms with Crippen LogP contribution in [0.5, 0.6) is 0 Å². The molecule has 4 aromatic rings. The summed E-state index contributed by atoms with van der Waals surface area (Å²) in [7, 11) is 0. The van der Waals surface area contributed by atoms with Crippen LogP contribution in [0.15, 0.2) is 66.2 Å². The van der Waals surface area contributed by atoms with E-state index in [1.807, 2.05) is 26.0 Å². The van der Waals surface area contributed by atoms with Crippen molar-refractivity contribution in [2.24, 2.45) is 0 Å². The molecule has 1 saturated heterocycles. The van der Waals surface area contributed by atoms with Crippen molar-refractivity contribution in [1.29, 1.82) is 0 Å². The molecule has 3 aromatic carbocycles. The maximum atomic E-state index is 13.4. The van der Waals surface area contributed by atoms with Crippen molar-refractivity contribution in [2.75, 3.05) is 4.90 Å². The second-order valence-corrected chi connectivity index (χ2v) is 9.60. The first-order valence-corrected chi connectivity index (χ1v) is 11.6. The van der Waals surface area contributed by atoms with Crippen LogP contribution < -0.4 is 4.90 Å². The highest BCUT2D eigenvalue weighted by molar-refractivity contribution is 7.22. The van der Waals surface area contributed by atoms with Crippen molar-refractivity contribution in [3.8, 4) is 0 Å². The molecular weight excluding hydrogens is 475 g/mol. The number of ketones is 1. The lowest BCUT2D eigenvalue weighted by Crippen LogP contribution is -2.29. The molecule has 170 valence electrons. The number of thiazole rings is 1. The summed E-state index contributed by atoms with van der Waals surface area (Å²) in [5, 5.41) is 11.9. The van der Waals surface area contributed by atoms with E-state index in [1.54, 1.807) is 24.3 Å². The van der Waals surface area contributed by atoms with Gasteiger partial charge in [0.25, 0.3) is 5.78 Å². The molecule has 1 amide bonds. The van der Waals surface area contributed by atoms with Gasteiger partial charge in [0.15, 0.2) is 5.13 Å². The Labute approximate surface area is 203 Å². The minimum atomic E-state index is -0.953. The van der Waals surface area contributed by atoms with Gasteiger partial charge in [0.1, 0.15) is 11.6 Å². The van der Waals surface area contributed by atoms with Gasteiger partial charge in [-0.2, -0.15) is 0 Å². The van der Waals surface area contributed by atoms with Crippen molar-refractivity contribution in [1.82, 2.24) is 4.98 Å². The molecule has 1 fully saturated rings. The molecule has 0 unspecified atom stereocenters. The average Bonchev–Trinajstić information content (AvgIpc) is 3.33. The Hall–Kier alpha value is -3.55. The van der Waals surface area contributed by atoms with E-state index in [-0.39, 0.29) is 16.9 Å². The largest absolute Gasteiger partial charge is 0.507 e. The van der Waals surface area contributed by atoms with Crippen LogP contribution in [0.2, 0.25) is 5.02 Å². The van der Waals surface area contributed by atoms with Gasteiger partial charge in [-0.05, 0) is 73.0 Å². The number of fused-ring (bicyclic) bond motifs is 1. The highest BCUT2D eigenvalue weighted by atomic mass is 35.5. The highest BCUT2D eigenvalue weighted by Gasteiger charge is 2.48. The number of hydrogen-bond acceptors (Lipinski definition) is 5. The molecule has 1 atom stereocenters. The number of anilines is 1. The Kier molecular flexibility index (Phi) is 5.46. The normalized spacial score (nSPS) is 17.6. The zero-order chi connectivity index (χ0) is 24.1. The van der Waals surface area contributed by atoms with Crippen LogP contribution in [-0.4, -0.2) is 21.8 Å². The number of carbonyl (C=O) groups is 2. The molecule has 5 nitrogen and oxygen atoms in total. The fourth-order valence-electron chi connectivity index (χ4n) is 4.25. The smallest absolute Gasteiger partial charge is 0.301 e. The second-order valence-electron chi connectivity index (χ2n) is 8.16. The minimum Gasteiger partial charge on any atom is -0.507 e. The number of aromatic nitrogens is 1. The molecule has 0 radical (unpaired) electrons. The van der Waals surface area contributed by atoms with Gasteiger partial charge in [0, 0.05) is 10.6 Å². The van der Waals surface area contributed by atoms with Gasteiger partial charge in [0.05, 0.1) is 21.8 Å². The second kappa shape index (κ2) is 8.34. The lowest BCUT2D eigenvalue weighted by molar-refractivity contribution is -0.132. The Balaban J connectivity index is 1.75. The van der Waals surface area contributed by atoms with Gasteiger partial charge in [0.2, 0.25) is 0 Å². The van der Waals surface area contributed by atoms with E-state index in [0.29, 0.717) is 15.7 Å². The van der Waals surface area contributed by atoms with E-state index in [2.05, 4.69) is 4.98 Å². The molecule has 8 heteroatoms. The Morgan fingerprint density at radius 2 is 1.82 bits per heavy atom. The van der Waals surface area contributed by atoms with Crippen LogP contribution in [0.4, 0.5) is 9.52 Å². The molecule has 2 heterocycles. The standard InChI is InChI=1S/C26H18ClFN2O3S/c1-13-10-14(2)21-19(11-13)34-26(29-21)30-22(16-4-3-5-17(27)12-16)20(24(32)25(30)33)23(31)15-6-8-18(28)9-7-15/h3-12,22,31H,1-2H3/b23-20+/t22-/m1/s1. The predicted molar refractivity (Wildman–Crippen MR) is 132 cm³/mol. The van der Waals surface area contributed by atoms with E-state index in [0.717, 1.165) is 21.3 Å². The van der Waals surface area contributed by atoms with Crippen molar-refractivity contribution in [2.45, 2.75) is 19.9 Å². The molecule has 0 aliphatic carbocycles. The van der Waals surface area contributed by atoms with Crippen LogP contribution in [0.3, 0.4) is 0 Å². The summed E-state index contributed by atoms with van der Waals surface area (Å²) in [4.78, 5) is 32.5. The molecule has 1 aliphatic heterocycles. The maximum Gasteiger partial charge on any atom is 0.301 e. The number of halogens is 2. The van der Waals surface area contributed by atoms with E-state index < -0.39 is 23.5 Å². The summed E-state index contributed by atoms with van der Waals surface area (Å²) < 4.78 is 14.3. The number of aliphatic hydroxyl groups is 1. The van der Waals surface area contributed by atoms with E-state index in [4.69, 9.17) is 11.6 Å². The highest BCUT2D eigenvalue weighted by Crippen LogP contribution is 2.45. The van der Waals surface area contributed by atoms with Crippen molar-refractivity contribution in [3.05, 3.63) is 99.3 Å². The molecule has 5 rings (SSSR count). The van der Waals surface area contributed by atoms with Gasteiger partial charge in [-0.25, -0.2) is 9.37 Å². The molecule has 0 bridgehead atoms. The Morgan fingerprint density at radius 1 is 1.09 bits per heavy atom. The molecule has 1 aromatic heterocycles. The van der Waals surface area contributed by atoms with Crippen LogP contribution in [0, 0.1) is 19.7 Å². The summed E-state index contributed by atoms with van der Waals surface area (Å²) in [5.74, 6) is -2.52. The molecule has 34 heavy (non-hydrogen) atoms. The third kappa shape index (κ3) is 3.67. The quantitative estimate of drug-likeness (QED) is 0.206. The number of hydrogen-bond donors (Lipinski definition) is 1. The SMILES string of the molecule is Cc1cc(C)c2nc(N3C(=O)C(=O)/C(=C(/O)c4ccc(F)cc4)[C@H]3c3cccc(Cl)c3)sc2c1. The van der Waals surface area contributed by atoms with Gasteiger partial charge in [-0.3, -0.25) is 14.5 Å². The maximum absolute atomic E-state index is 13.4. The third-order valence-electron chi connectivity index (χ3n) is 5.75. The van der Waals surface area contributed by atoms with Gasteiger partial charge < -0.3 is 5.11 Å². The Bertz CT molecular complexity index is 1510. The van der Waals surface area contributed by atoms with Gasteiger partial charge in [-0.1, -0.05) is 41.1 Å². The molecule has 0 spiro atoms. The monoisotopic (exact) mass is 492 g/mol. The fourth-order valence-corrected chi connectivity index (χ4v) is 5.61. The summed E-state index contributed by atoms with van der Waals surface area (Å²) in [6.07, 6.45) is 0. The van der Waals surface area contributed by atoms with Crippen LogP contribution in [0.25, 0.3) is 16.0 Å². The summed E-state index contributed by atoms with van der Waals surface area (Å²) in [6, 6.07) is 14.9. The number of rotatable bonds is 3. The summed E-state index contributed by atoms with van der Waals surface area (Å²) >= 11 is 7.53.